The van der Waals surface area contributed by atoms with Crippen LogP contribution in [0.4, 0.5) is 28.4 Å². The van der Waals surface area contributed by atoms with Gasteiger partial charge in [-0.1, -0.05) is 42.5 Å². The van der Waals surface area contributed by atoms with E-state index in [4.69, 9.17) is 33.4 Å². The molecule has 75 heavy (non-hydrogen) atoms. The van der Waals surface area contributed by atoms with E-state index in [0.29, 0.717) is 124 Å². The number of carbonyl (C=O) groups is 4. The fraction of sp³-hybridized carbons (Fsp3) is 0.362. The van der Waals surface area contributed by atoms with E-state index in [1.165, 1.54) is 0 Å². The maximum atomic E-state index is 14.2. The van der Waals surface area contributed by atoms with Gasteiger partial charge in [0.05, 0.1) is 68.6 Å². The molecule has 390 valence electrons. The fourth-order valence-corrected chi connectivity index (χ4v) is 10.5. The first-order valence-electron chi connectivity index (χ1n) is 25.8. The molecule has 0 fully saturated rings. The van der Waals surface area contributed by atoms with Crippen molar-refractivity contribution in [3.05, 3.63) is 137 Å². The van der Waals surface area contributed by atoms with E-state index < -0.39 is 0 Å². The lowest BCUT2D eigenvalue weighted by molar-refractivity contribution is -0.125. The number of methoxy groups -OCH3 is 2. The van der Waals surface area contributed by atoms with Crippen molar-refractivity contribution in [2.45, 2.75) is 57.9 Å². The Morgan fingerprint density at radius 1 is 0.760 bits per heavy atom. The maximum Gasteiger partial charge on any atom is 0.261 e. The number of benzene rings is 5. The van der Waals surface area contributed by atoms with Crippen LogP contribution in [0, 0.1) is 0 Å². The summed E-state index contributed by atoms with van der Waals surface area (Å²) >= 11 is 0. The molecule has 5 aliphatic heterocycles. The smallest absolute Gasteiger partial charge is 0.261 e. The Labute approximate surface area is 437 Å². The minimum atomic E-state index is -0.210. The minimum Gasteiger partial charge on any atom is -0.493 e. The van der Waals surface area contributed by atoms with E-state index in [1.54, 1.807) is 48.3 Å². The van der Waals surface area contributed by atoms with Crippen LogP contribution in [0.2, 0.25) is 0 Å². The second-order valence-electron chi connectivity index (χ2n) is 19.0. The average Bonchev–Trinajstić information content (AvgIpc) is 4.10. The zero-order chi connectivity index (χ0) is 51.8. The third-order valence-electron chi connectivity index (χ3n) is 14.2. The van der Waals surface area contributed by atoms with Crippen LogP contribution in [0.5, 0.6) is 23.0 Å². The molecule has 0 aromatic heterocycles. The number of ether oxygens (including phenoxy) is 6. The highest BCUT2D eigenvalue weighted by molar-refractivity contribution is 6.15. The van der Waals surface area contributed by atoms with E-state index in [9.17, 15) is 19.2 Å². The molecule has 0 saturated heterocycles. The Kier molecular flexibility index (Phi) is 15.6. The predicted octanol–water partition coefficient (Wildman–Crippen LogP) is 7.30. The average molecular weight is 1020 g/mol. The van der Waals surface area contributed by atoms with Gasteiger partial charge in [0.1, 0.15) is 13.2 Å². The lowest BCUT2D eigenvalue weighted by Crippen LogP contribution is -2.39. The summed E-state index contributed by atoms with van der Waals surface area (Å²) in [6, 6.07) is 28.9. The van der Waals surface area contributed by atoms with Gasteiger partial charge in [0.25, 0.3) is 11.8 Å². The van der Waals surface area contributed by atoms with Crippen molar-refractivity contribution >= 4 is 58.3 Å². The zero-order valence-corrected chi connectivity index (χ0v) is 42.7. The standard InChI is InChI=1S/C58H63N7O10/c1-4-72-23-24-73-22-21-62(18-9-15-55(66)59-17-20-63-19-10-16-56(63)67)42-26-38(36-74-53-32-47-45(30-51(53)70-2)57(68)64-43(34-60-47)28-40-11-5-7-13-49(40)64)25-39(27-42)37-75-54-33-48-46(31-52(54)71-3)58(69)65-44(35-61-48)29-41-12-6-8-14-50(41)65/h5-8,10-14,16,25-27,30-34,43-44,61H,4,9,15,17-24,28-29,35-37H2,1-3H3,(H,59,66)/t43-,44-/m0/s1. The Morgan fingerprint density at radius 2 is 1.44 bits per heavy atom. The first kappa shape index (κ1) is 50.6. The Balaban J connectivity index is 0.912. The Morgan fingerprint density at radius 3 is 2.16 bits per heavy atom. The molecule has 0 unspecified atom stereocenters. The number of fused-ring (bicyclic) bond motifs is 8. The molecule has 5 heterocycles. The summed E-state index contributed by atoms with van der Waals surface area (Å²) in [6.45, 7) is 7.06. The lowest BCUT2D eigenvalue weighted by Gasteiger charge is -2.26. The number of hydrogen-bond acceptors (Lipinski definition) is 13. The normalized spacial score (nSPS) is 16.8. The van der Waals surface area contributed by atoms with Gasteiger partial charge in [0.15, 0.2) is 23.0 Å². The molecule has 2 atom stereocenters. The first-order valence-corrected chi connectivity index (χ1v) is 25.8. The number of aliphatic imine (C=N–C) groups is 1. The summed E-state index contributed by atoms with van der Waals surface area (Å²) in [5, 5.41) is 6.50. The summed E-state index contributed by atoms with van der Waals surface area (Å²) in [5.74, 6) is 1.30. The van der Waals surface area contributed by atoms with E-state index in [1.807, 2.05) is 78.7 Å². The highest BCUT2D eigenvalue weighted by Gasteiger charge is 2.39. The Bertz CT molecular complexity index is 3010. The molecule has 0 saturated carbocycles. The van der Waals surface area contributed by atoms with Crippen LogP contribution in [-0.2, 0) is 45.1 Å². The maximum absolute atomic E-state index is 14.2. The van der Waals surface area contributed by atoms with Gasteiger partial charge < -0.3 is 53.8 Å². The Hall–Kier alpha value is -7.89. The van der Waals surface area contributed by atoms with E-state index >= 15 is 0 Å². The number of para-hydroxylation sites is 2. The van der Waals surface area contributed by atoms with Gasteiger partial charge in [-0.2, -0.15) is 0 Å². The largest absolute Gasteiger partial charge is 0.493 e. The van der Waals surface area contributed by atoms with Crippen LogP contribution in [0.25, 0.3) is 0 Å². The molecule has 5 aromatic rings. The molecule has 0 spiro atoms. The van der Waals surface area contributed by atoms with Gasteiger partial charge in [-0.3, -0.25) is 29.1 Å². The van der Waals surface area contributed by atoms with Crippen molar-refractivity contribution in [1.29, 1.82) is 0 Å². The summed E-state index contributed by atoms with van der Waals surface area (Å²) in [7, 11) is 3.11. The predicted molar refractivity (Wildman–Crippen MR) is 287 cm³/mol. The van der Waals surface area contributed by atoms with Gasteiger partial charge in [-0.15, -0.1) is 0 Å². The summed E-state index contributed by atoms with van der Waals surface area (Å²) in [5.41, 5.74) is 8.61. The summed E-state index contributed by atoms with van der Waals surface area (Å²) in [4.78, 5) is 65.9. The van der Waals surface area contributed by atoms with Crippen LogP contribution in [0.3, 0.4) is 0 Å². The summed E-state index contributed by atoms with van der Waals surface area (Å²) < 4.78 is 36.5. The molecular weight excluding hydrogens is 955 g/mol. The van der Waals surface area contributed by atoms with Crippen molar-refractivity contribution in [2.75, 3.05) is 99.9 Å². The third-order valence-corrected chi connectivity index (χ3v) is 14.2. The first-order chi connectivity index (χ1) is 36.7. The van der Waals surface area contributed by atoms with Crippen molar-refractivity contribution in [2.24, 2.45) is 4.99 Å². The van der Waals surface area contributed by atoms with E-state index in [0.717, 1.165) is 45.7 Å². The number of hydrogen-bond donors (Lipinski definition) is 2. The van der Waals surface area contributed by atoms with Gasteiger partial charge in [-0.25, -0.2) is 0 Å². The highest BCUT2D eigenvalue weighted by Crippen LogP contribution is 2.43. The number of rotatable bonds is 23. The van der Waals surface area contributed by atoms with Gasteiger partial charge in [0, 0.05) is 100 Å². The highest BCUT2D eigenvalue weighted by atomic mass is 16.5. The van der Waals surface area contributed by atoms with Crippen molar-refractivity contribution in [1.82, 2.24) is 10.2 Å². The molecule has 0 aliphatic carbocycles. The van der Waals surface area contributed by atoms with Crippen LogP contribution in [0.15, 0.2) is 108 Å². The van der Waals surface area contributed by atoms with Crippen molar-refractivity contribution < 1.29 is 47.6 Å². The van der Waals surface area contributed by atoms with Crippen LogP contribution in [0.1, 0.15) is 62.7 Å². The van der Waals surface area contributed by atoms with Crippen LogP contribution < -0.4 is 44.3 Å². The monoisotopic (exact) mass is 1020 g/mol. The molecular formula is C58H63N7O10. The molecule has 5 aliphatic rings. The third kappa shape index (κ3) is 11.1. The molecule has 10 rings (SSSR count). The topological polar surface area (TPSA) is 173 Å². The second kappa shape index (κ2) is 23.1. The molecule has 17 nitrogen and oxygen atoms in total. The number of carbonyl (C=O) groups excluding carboxylic acids is 4. The molecule has 4 amide bonds. The number of anilines is 4. The number of nitrogens with zero attached hydrogens (tertiary/aromatic N) is 5. The molecule has 17 heteroatoms. The van der Waals surface area contributed by atoms with E-state index in [2.05, 4.69) is 33.7 Å². The SMILES string of the molecule is CCOCCOCCN(CCCC(=O)NCCN1CC=CC1=O)c1cc(COc2cc3c(cc2OC)C(=O)N2c4ccccc4C[C@H]2C=N3)cc(COc2cc3c(cc2OC)C(=O)N2c4ccccc4C[C@H]2CN3)c1. The van der Waals surface area contributed by atoms with Crippen LogP contribution in [-0.4, -0.2) is 127 Å². The van der Waals surface area contributed by atoms with Gasteiger partial charge >= 0.3 is 0 Å². The summed E-state index contributed by atoms with van der Waals surface area (Å²) in [6.07, 6.45) is 7.46. The number of amides is 4. The van der Waals surface area contributed by atoms with Crippen molar-refractivity contribution in [3.63, 3.8) is 0 Å². The molecule has 5 aromatic carbocycles. The number of nitrogens with one attached hydrogen (secondary N) is 2. The van der Waals surface area contributed by atoms with Crippen LogP contribution >= 0.6 is 0 Å². The van der Waals surface area contributed by atoms with Gasteiger partial charge in [-0.05, 0) is 84.5 Å². The van der Waals surface area contributed by atoms with Crippen molar-refractivity contribution in [3.8, 4) is 23.0 Å². The fourth-order valence-electron chi connectivity index (χ4n) is 10.5. The lowest BCUT2D eigenvalue weighted by atomic mass is 10.1. The van der Waals surface area contributed by atoms with Gasteiger partial charge in [0.2, 0.25) is 11.8 Å². The van der Waals surface area contributed by atoms with E-state index in [-0.39, 0.29) is 55.3 Å². The molecule has 0 radical (unpaired) electrons. The second-order valence-corrected chi connectivity index (χ2v) is 19.0. The quantitative estimate of drug-likeness (QED) is 0.0627. The molecule has 0 bridgehead atoms. The molecule has 2 N–H and O–H groups in total. The zero-order valence-electron chi connectivity index (χ0n) is 42.7. The minimum absolute atomic E-state index is 0.0326.